The van der Waals surface area contributed by atoms with Crippen molar-refractivity contribution in [1.82, 2.24) is 0 Å². The summed E-state index contributed by atoms with van der Waals surface area (Å²) in [7, 11) is 3.03. The predicted molar refractivity (Wildman–Crippen MR) is 90.2 cm³/mol. The summed E-state index contributed by atoms with van der Waals surface area (Å²) in [6.45, 7) is 0. The molecule has 114 valence electrons. The van der Waals surface area contributed by atoms with Crippen molar-refractivity contribution in [3.63, 3.8) is 0 Å². The van der Waals surface area contributed by atoms with E-state index >= 15 is 0 Å². The fourth-order valence-electron chi connectivity index (χ4n) is 1.89. The Morgan fingerprint density at radius 2 is 1.73 bits per heavy atom. The van der Waals surface area contributed by atoms with Crippen LogP contribution in [0.25, 0.3) is 5.57 Å². The summed E-state index contributed by atoms with van der Waals surface area (Å²) in [4.78, 5) is 12.7. The Bertz CT molecular complexity index is 633. The van der Waals surface area contributed by atoms with Gasteiger partial charge in [0, 0.05) is 16.7 Å². The fourth-order valence-corrected chi connectivity index (χ4v) is 2.80. The first kappa shape index (κ1) is 16.2. The molecule has 0 fully saturated rings. The molecule has 0 saturated carbocycles. The maximum atomic E-state index is 11.6. The van der Waals surface area contributed by atoms with Gasteiger partial charge < -0.3 is 9.47 Å². The maximum Gasteiger partial charge on any atom is 0.330 e. The van der Waals surface area contributed by atoms with Crippen molar-refractivity contribution in [3.05, 3.63) is 66.2 Å². The molecule has 0 aliphatic heterocycles. The van der Waals surface area contributed by atoms with E-state index in [9.17, 15) is 4.79 Å². The second kappa shape index (κ2) is 8.29. The Labute approximate surface area is 135 Å². The molecule has 0 amide bonds. The van der Waals surface area contributed by atoms with Crippen LogP contribution in [0.1, 0.15) is 5.56 Å². The Morgan fingerprint density at radius 3 is 2.32 bits per heavy atom. The highest BCUT2D eigenvalue weighted by Gasteiger charge is 2.06. The monoisotopic (exact) mass is 314 g/mol. The predicted octanol–water partition coefficient (Wildman–Crippen LogP) is 4.04. The molecule has 0 atom stereocenters. The van der Waals surface area contributed by atoms with Crippen molar-refractivity contribution >= 4 is 23.3 Å². The number of benzene rings is 2. The van der Waals surface area contributed by atoms with Gasteiger partial charge in [-0.1, -0.05) is 30.3 Å². The number of hydrogen-bond donors (Lipinski definition) is 0. The number of ether oxygens (including phenoxy) is 2. The molecule has 0 bridgehead atoms. The van der Waals surface area contributed by atoms with Crippen LogP contribution in [0.4, 0.5) is 0 Å². The van der Waals surface area contributed by atoms with E-state index < -0.39 is 0 Å². The molecule has 2 aromatic rings. The molecule has 0 aromatic heterocycles. The Balaban J connectivity index is 2.12. The lowest BCUT2D eigenvalue weighted by Crippen LogP contribution is -1.98. The summed E-state index contributed by atoms with van der Waals surface area (Å²) in [6, 6.07) is 17.7. The molecule has 0 N–H and O–H groups in total. The summed E-state index contributed by atoms with van der Waals surface area (Å²) in [5.74, 6) is 1.18. The molecule has 0 radical (unpaired) electrons. The normalized spacial score (nSPS) is 11.1. The number of carbonyl (C=O) groups is 1. The number of esters is 1. The summed E-state index contributed by atoms with van der Waals surface area (Å²) >= 11 is 1.66. The van der Waals surface area contributed by atoms with Crippen LogP contribution in [0.3, 0.4) is 0 Å². The topological polar surface area (TPSA) is 35.5 Å². The lowest BCUT2D eigenvalue weighted by atomic mass is 10.1. The number of thioether (sulfide) groups is 1. The van der Waals surface area contributed by atoms with Crippen molar-refractivity contribution in [2.24, 2.45) is 0 Å². The van der Waals surface area contributed by atoms with Gasteiger partial charge in [-0.2, -0.15) is 0 Å². The van der Waals surface area contributed by atoms with E-state index in [0.717, 1.165) is 21.8 Å². The maximum absolute atomic E-state index is 11.6. The first-order valence-electron chi connectivity index (χ1n) is 6.83. The van der Waals surface area contributed by atoms with Crippen LogP contribution < -0.4 is 4.74 Å². The van der Waals surface area contributed by atoms with Gasteiger partial charge in [0.2, 0.25) is 0 Å². The van der Waals surface area contributed by atoms with E-state index in [1.54, 1.807) is 24.9 Å². The molecular weight excluding hydrogens is 296 g/mol. The summed E-state index contributed by atoms with van der Waals surface area (Å²) in [6.07, 6.45) is 1.55. The molecule has 2 rings (SSSR count). The average Bonchev–Trinajstić information content (AvgIpc) is 2.59. The molecule has 2 aromatic carbocycles. The highest BCUT2D eigenvalue weighted by atomic mass is 32.2. The van der Waals surface area contributed by atoms with Crippen LogP contribution in [0.2, 0.25) is 0 Å². The van der Waals surface area contributed by atoms with Crippen molar-refractivity contribution in [2.75, 3.05) is 20.0 Å². The van der Waals surface area contributed by atoms with E-state index in [2.05, 4.69) is 0 Å². The number of hydrogen-bond acceptors (Lipinski definition) is 4. The Hall–Kier alpha value is -2.20. The highest BCUT2D eigenvalue weighted by molar-refractivity contribution is 7.99. The van der Waals surface area contributed by atoms with Gasteiger partial charge >= 0.3 is 5.97 Å². The van der Waals surface area contributed by atoms with Gasteiger partial charge in [-0.15, -0.1) is 11.8 Å². The molecule has 3 nitrogen and oxygen atoms in total. The van der Waals surface area contributed by atoms with Crippen LogP contribution in [0.15, 0.2) is 65.6 Å². The van der Waals surface area contributed by atoms with Crippen LogP contribution in [0, 0.1) is 0 Å². The first-order chi connectivity index (χ1) is 10.7. The third kappa shape index (κ3) is 4.67. The van der Waals surface area contributed by atoms with Crippen molar-refractivity contribution in [2.45, 2.75) is 4.90 Å². The van der Waals surface area contributed by atoms with Gasteiger partial charge in [0.05, 0.1) is 14.2 Å². The molecule has 0 saturated heterocycles. The van der Waals surface area contributed by atoms with Crippen molar-refractivity contribution in [3.8, 4) is 5.75 Å². The van der Waals surface area contributed by atoms with E-state index in [1.165, 1.54) is 7.11 Å². The lowest BCUT2D eigenvalue weighted by molar-refractivity contribution is -0.134. The minimum absolute atomic E-state index is 0.339. The average molecular weight is 314 g/mol. The lowest BCUT2D eigenvalue weighted by Gasteiger charge is -2.08. The third-order valence-electron chi connectivity index (χ3n) is 3.09. The summed E-state index contributed by atoms with van der Waals surface area (Å²) in [5.41, 5.74) is 1.96. The van der Waals surface area contributed by atoms with E-state index in [0.29, 0.717) is 5.75 Å². The zero-order valence-corrected chi connectivity index (χ0v) is 13.4. The van der Waals surface area contributed by atoms with Gasteiger partial charge in [-0.25, -0.2) is 4.79 Å². The number of carbonyl (C=O) groups excluding carboxylic acids is 1. The zero-order chi connectivity index (χ0) is 15.8. The first-order valence-corrected chi connectivity index (χ1v) is 7.82. The number of rotatable bonds is 6. The molecule has 0 unspecified atom stereocenters. The van der Waals surface area contributed by atoms with Crippen molar-refractivity contribution in [1.29, 1.82) is 0 Å². The minimum atomic E-state index is -0.339. The quantitative estimate of drug-likeness (QED) is 0.458. The molecule has 22 heavy (non-hydrogen) atoms. The highest BCUT2D eigenvalue weighted by Crippen LogP contribution is 2.27. The second-order valence-electron chi connectivity index (χ2n) is 4.52. The third-order valence-corrected chi connectivity index (χ3v) is 4.15. The van der Waals surface area contributed by atoms with Crippen LogP contribution in [-0.2, 0) is 9.53 Å². The van der Waals surface area contributed by atoms with Gasteiger partial charge in [0.15, 0.2) is 0 Å². The Morgan fingerprint density at radius 1 is 1.05 bits per heavy atom. The van der Waals surface area contributed by atoms with Crippen LogP contribution in [-0.4, -0.2) is 25.9 Å². The fraction of sp³-hybridized carbons (Fsp3) is 0.167. The summed E-state index contributed by atoms with van der Waals surface area (Å²) < 4.78 is 9.89. The van der Waals surface area contributed by atoms with E-state index in [4.69, 9.17) is 9.47 Å². The Kier molecular flexibility index (Phi) is 6.10. The summed E-state index contributed by atoms with van der Waals surface area (Å²) in [5, 5.41) is 0. The molecular formula is C18H18O3S. The SMILES string of the molecule is COC(=O)/C=C(\CSc1ccc(OC)cc1)c1ccccc1. The second-order valence-corrected chi connectivity index (χ2v) is 5.57. The van der Waals surface area contributed by atoms with Gasteiger partial charge in [-0.3, -0.25) is 0 Å². The number of methoxy groups -OCH3 is 2. The zero-order valence-electron chi connectivity index (χ0n) is 12.6. The molecule has 0 heterocycles. The van der Waals surface area contributed by atoms with Gasteiger partial charge in [0.25, 0.3) is 0 Å². The van der Waals surface area contributed by atoms with Gasteiger partial charge in [-0.05, 0) is 35.4 Å². The molecule has 0 aliphatic carbocycles. The van der Waals surface area contributed by atoms with E-state index in [1.807, 2.05) is 54.6 Å². The molecule has 4 heteroatoms. The largest absolute Gasteiger partial charge is 0.497 e. The van der Waals surface area contributed by atoms with Crippen LogP contribution in [0.5, 0.6) is 5.75 Å². The van der Waals surface area contributed by atoms with E-state index in [-0.39, 0.29) is 5.97 Å². The minimum Gasteiger partial charge on any atom is -0.497 e. The van der Waals surface area contributed by atoms with Crippen molar-refractivity contribution < 1.29 is 14.3 Å². The van der Waals surface area contributed by atoms with Crippen LogP contribution >= 0.6 is 11.8 Å². The smallest absolute Gasteiger partial charge is 0.330 e. The van der Waals surface area contributed by atoms with Gasteiger partial charge in [0.1, 0.15) is 5.75 Å². The molecule has 0 spiro atoms. The molecule has 0 aliphatic rings. The standard InChI is InChI=1S/C18H18O3S/c1-20-16-8-10-17(11-9-16)22-13-15(12-18(19)21-2)14-6-4-3-5-7-14/h3-12H,13H2,1-2H3/b15-12+.